The fourth-order valence-electron chi connectivity index (χ4n) is 3.22. The summed E-state index contributed by atoms with van der Waals surface area (Å²) in [5, 5.41) is 10.5. The minimum absolute atomic E-state index is 0.0344. The van der Waals surface area contributed by atoms with Crippen LogP contribution in [0.2, 0.25) is 0 Å². The second kappa shape index (κ2) is 8.81. The Bertz CT molecular complexity index is 1220. The summed E-state index contributed by atoms with van der Waals surface area (Å²) < 4.78 is 22.4. The third-order valence-corrected chi connectivity index (χ3v) is 4.74. The number of rotatable bonds is 6. The van der Waals surface area contributed by atoms with E-state index in [9.17, 15) is 4.79 Å². The molecule has 0 spiro atoms. The highest BCUT2D eigenvalue weighted by Crippen LogP contribution is 2.31. The number of ether oxygens (including phenoxy) is 3. The van der Waals surface area contributed by atoms with Crippen LogP contribution in [0.1, 0.15) is 21.8 Å². The van der Waals surface area contributed by atoms with Crippen molar-refractivity contribution in [2.45, 2.75) is 6.42 Å². The standard InChI is InChI=1S/C24H19N3O5/c28-23(17-7-9-19(10-8-17)31-18-4-2-1-3-5-18)25-24-27-26-22(32-24)15-16-6-11-20-21(14-16)30-13-12-29-20/h1-11,14H,12-13,15H2,(H,25,27,28). The molecule has 0 saturated carbocycles. The summed E-state index contributed by atoms with van der Waals surface area (Å²) in [5.74, 6) is 2.79. The Morgan fingerprint density at radius 2 is 1.62 bits per heavy atom. The molecular formula is C24H19N3O5. The Balaban J connectivity index is 1.20. The van der Waals surface area contributed by atoms with Crippen molar-refractivity contribution in [3.8, 4) is 23.0 Å². The van der Waals surface area contributed by atoms with Gasteiger partial charge in [0.2, 0.25) is 5.89 Å². The van der Waals surface area contributed by atoms with E-state index in [0.717, 1.165) is 17.1 Å². The molecule has 0 unspecified atom stereocenters. The van der Waals surface area contributed by atoms with E-state index in [0.29, 0.717) is 42.6 Å². The molecule has 0 fully saturated rings. The average Bonchev–Trinajstić information content (AvgIpc) is 3.26. The summed E-state index contributed by atoms with van der Waals surface area (Å²) in [5.41, 5.74) is 1.38. The summed E-state index contributed by atoms with van der Waals surface area (Å²) >= 11 is 0. The van der Waals surface area contributed by atoms with Crippen molar-refractivity contribution >= 4 is 11.9 Å². The molecule has 0 saturated heterocycles. The minimum Gasteiger partial charge on any atom is -0.486 e. The van der Waals surface area contributed by atoms with Gasteiger partial charge in [-0.05, 0) is 54.1 Å². The second-order valence-electron chi connectivity index (χ2n) is 7.05. The van der Waals surface area contributed by atoms with E-state index in [1.54, 1.807) is 24.3 Å². The van der Waals surface area contributed by atoms with Gasteiger partial charge in [0.1, 0.15) is 24.7 Å². The smallest absolute Gasteiger partial charge is 0.322 e. The number of amides is 1. The maximum atomic E-state index is 12.5. The SMILES string of the molecule is O=C(Nc1nnc(Cc2ccc3c(c2)OCCO3)o1)c1ccc(Oc2ccccc2)cc1. The van der Waals surface area contributed by atoms with E-state index < -0.39 is 0 Å². The molecule has 3 aromatic carbocycles. The molecule has 0 aliphatic carbocycles. The fraction of sp³-hybridized carbons (Fsp3) is 0.125. The van der Waals surface area contributed by atoms with Crippen LogP contribution in [0.15, 0.2) is 77.2 Å². The molecule has 1 aliphatic heterocycles. The summed E-state index contributed by atoms with van der Waals surface area (Å²) in [6.07, 6.45) is 0.408. The van der Waals surface area contributed by atoms with E-state index in [1.807, 2.05) is 48.5 Å². The van der Waals surface area contributed by atoms with Gasteiger partial charge in [-0.15, -0.1) is 5.10 Å². The lowest BCUT2D eigenvalue weighted by Gasteiger charge is -2.18. The number of aromatic nitrogens is 2. The largest absolute Gasteiger partial charge is 0.486 e. The van der Waals surface area contributed by atoms with E-state index in [1.165, 1.54) is 0 Å². The zero-order valence-electron chi connectivity index (χ0n) is 17.0. The Morgan fingerprint density at radius 3 is 2.44 bits per heavy atom. The quantitative estimate of drug-likeness (QED) is 0.483. The number of para-hydroxylation sites is 1. The van der Waals surface area contributed by atoms with Gasteiger partial charge >= 0.3 is 6.01 Å². The van der Waals surface area contributed by atoms with Gasteiger partial charge in [0.15, 0.2) is 11.5 Å². The van der Waals surface area contributed by atoms with Crippen molar-refractivity contribution in [2.75, 3.05) is 18.5 Å². The molecule has 1 amide bonds. The molecule has 5 rings (SSSR count). The van der Waals surface area contributed by atoms with Gasteiger partial charge in [-0.3, -0.25) is 10.1 Å². The summed E-state index contributed by atoms with van der Waals surface area (Å²) in [6, 6.07) is 21.9. The molecule has 8 heteroatoms. The molecule has 8 nitrogen and oxygen atoms in total. The van der Waals surface area contributed by atoms with Crippen molar-refractivity contribution in [3.63, 3.8) is 0 Å². The normalized spacial score (nSPS) is 12.2. The van der Waals surface area contributed by atoms with Crippen LogP contribution < -0.4 is 19.5 Å². The number of fused-ring (bicyclic) bond motifs is 1. The number of nitrogens with zero attached hydrogens (tertiary/aromatic N) is 2. The molecule has 1 aliphatic rings. The molecule has 0 atom stereocenters. The first kappa shape index (κ1) is 19.6. The average molecular weight is 429 g/mol. The zero-order chi connectivity index (χ0) is 21.8. The topological polar surface area (TPSA) is 95.7 Å². The number of benzene rings is 3. The van der Waals surface area contributed by atoms with Gasteiger partial charge in [-0.25, -0.2) is 0 Å². The molecule has 0 bridgehead atoms. The van der Waals surface area contributed by atoms with Crippen LogP contribution in [0.3, 0.4) is 0 Å². The highest BCUT2D eigenvalue weighted by molar-refractivity contribution is 6.03. The molecule has 2 heterocycles. The first-order valence-corrected chi connectivity index (χ1v) is 10.1. The molecule has 1 N–H and O–H groups in total. The number of carbonyl (C=O) groups excluding carboxylic acids is 1. The monoisotopic (exact) mass is 429 g/mol. The summed E-state index contributed by atoms with van der Waals surface area (Å²) in [7, 11) is 0. The van der Waals surface area contributed by atoms with Crippen molar-refractivity contribution in [1.82, 2.24) is 10.2 Å². The van der Waals surface area contributed by atoms with Crippen LogP contribution in [-0.4, -0.2) is 29.3 Å². The van der Waals surface area contributed by atoms with Gasteiger partial charge in [-0.1, -0.05) is 29.4 Å². The zero-order valence-corrected chi connectivity index (χ0v) is 17.0. The molecule has 32 heavy (non-hydrogen) atoms. The van der Waals surface area contributed by atoms with Crippen molar-refractivity contribution in [2.24, 2.45) is 0 Å². The molecule has 4 aromatic rings. The lowest BCUT2D eigenvalue weighted by Crippen LogP contribution is -2.15. The first-order valence-electron chi connectivity index (χ1n) is 10.1. The Morgan fingerprint density at radius 1 is 0.875 bits per heavy atom. The van der Waals surface area contributed by atoms with Crippen LogP contribution in [0.5, 0.6) is 23.0 Å². The van der Waals surface area contributed by atoms with E-state index >= 15 is 0 Å². The van der Waals surface area contributed by atoms with E-state index in [-0.39, 0.29) is 11.9 Å². The van der Waals surface area contributed by atoms with Crippen molar-refractivity contribution in [1.29, 1.82) is 0 Å². The molecule has 160 valence electrons. The third-order valence-electron chi connectivity index (χ3n) is 4.74. The van der Waals surface area contributed by atoms with E-state index in [4.69, 9.17) is 18.6 Å². The Kier molecular flexibility index (Phi) is 5.40. The fourth-order valence-corrected chi connectivity index (χ4v) is 3.22. The minimum atomic E-state index is -0.356. The summed E-state index contributed by atoms with van der Waals surface area (Å²) in [6.45, 7) is 1.06. The lowest BCUT2D eigenvalue weighted by molar-refractivity contribution is 0.102. The van der Waals surface area contributed by atoms with Crippen molar-refractivity contribution < 1.29 is 23.4 Å². The molecule has 0 radical (unpaired) electrons. The summed E-state index contributed by atoms with van der Waals surface area (Å²) in [4.78, 5) is 12.5. The second-order valence-corrected chi connectivity index (χ2v) is 7.05. The molecule has 1 aromatic heterocycles. The number of nitrogens with one attached hydrogen (secondary N) is 1. The number of carbonyl (C=O) groups is 1. The van der Waals surface area contributed by atoms with Crippen LogP contribution in [0, 0.1) is 0 Å². The van der Waals surface area contributed by atoms with Gasteiger partial charge < -0.3 is 18.6 Å². The maximum Gasteiger partial charge on any atom is 0.322 e. The van der Waals surface area contributed by atoms with Gasteiger partial charge in [0.25, 0.3) is 5.91 Å². The maximum absolute atomic E-state index is 12.5. The third kappa shape index (κ3) is 4.54. The van der Waals surface area contributed by atoms with Crippen molar-refractivity contribution in [3.05, 3.63) is 89.8 Å². The van der Waals surface area contributed by atoms with Crippen LogP contribution in [-0.2, 0) is 6.42 Å². The van der Waals surface area contributed by atoms with Gasteiger partial charge in [-0.2, -0.15) is 0 Å². The predicted octanol–water partition coefficient (Wildman–Crippen LogP) is 4.48. The first-order chi connectivity index (χ1) is 15.7. The van der Waals surface area contributed by atoms with Gasteiger partial charge in [0.05, 0.1) is 6.42 Å². The Hall–Kier alpha value is -4.33. The lowest BCUT2D eigenvalue weighted by atomic mass is 10.1. The Labute approximate surface area is 183 Å². The molecular weight excluding hydrogens is 410 g/mol. The van der Waals surface area contributed by atoms with Crippen LogP contribution in [0.4, 0.5) is 6.01 Å². The van der Waals surface area contributed by atoms with Crippen LogP contribution in [0.25, 0.3) is 0 Å². The van der Waals surface area contributed by atoms with Gasteiger partial charge in [0, 0.05) is 5.56 Å². The number of hydrogen-bond donors (Lipinski definition) is 1. The highest BCUT2D eigenvalue weighted by atomic mass is 16.6. The number of hydrogen-bond acceptors (Lipinski definition) is 7. The van der Waals surface area contributed by atoms with Crippen LogP contribution >= 0.6 is 0 Å². The number of anilines is 1. The highest BCUT2D eigenvalue weighted by Gasteiger charge is 2.15. The van der Waals surface area contributed by atoms with E-state index in [2.05, 4.69) is 15.5 Å². The predicted molar refractivity (Wildman–Crippen MR) is 115 cm³/mol.